The van der Waals surface area contributed by atoms with E-state index in [1.54, 1.807) is 12.1 Å². The number of nitro benzene ring substituents is 1. The predicted molar refractivity (Wildman–Crippen MR) is 59.8 cm³/mol. The number of unbranched alkanes of at least 4 members (excludes halogenated alkanes) is 1. The zero-order valence-corrected chi connectivity index (χ0v) is 9.33. The molecule has 0 unspecified atom stereocenters. The first-order valence-corrected chi connectivity index (χ1v) is 5.52. The van der Waals surface area contributed by atoms with E-state index >= 15 is 0 Å². The van der Waals surface area contributed by atoms with Gasteiger partial charge < -0.3 is 4.18 Å². The average Bonchev–Trinajstić information content (AvgIpc) is 2.25. The summed E-state index contributed by atoms with van der Waals surface area (Å²) < 4.78 is 5.31. The van der Waals surface area contributed by atoms with Crippen molar-refractivity contribution in [3.8, 4) is 0 Å². The zero-order chi connectivity index (χ0) is 11.1. The van der Waals surface area contributed by atoms with E-state index in [1.165, 1.54) is 24.2 Å². The lowest BCUT2D eigenvalue weighted by Crippen LogP contribution is -1.88. The summed E-state index contributed by atoms with van der Waals surface area (Å²) in [6, 6.07) is 6.33. The lowest BCUT2D eigenvalue weighted by Gasteiger charge is -2.00. The SMILES string of the molecule is CCCCOSc1ccc([N+](=O)[O-])cc1. The van der Waals surface area contributed by atoms with Crippen LogP contribution < -0.4 is 0 Å². The highest BCUT2D eigenvalue weighted by atomic mass is 32.2. The molecule has 0 aliphatic carbocycles. The average molecular weight is 227 g/mol. The summed E-state index contributed by atoms with van der Waals surface area (Å²) in [7, 11) is 0. The van der Waals surface area contributed by atoms with Crippen molar-refractivity contribution >= 4 is 17.7 Å². The van der Waals surface area contributed by atoms with Gasteiger partial charge in [0.2, 0.25) is 0 Å². The Balaban J connectivity index is 2.39. The molecule has 15 heavy (non-hydrogen) atoms. The summed E-state index contributed by atoms with van der Waals surface area (Å²) in [5.41, 5.74) is 0.105. The van der Waals surface area contributed by atoms with E-state index in [0.717, 1.165) is 17.7 Å². The number of hydrogen-bond donors (Lipinski definition) is 0. The van der Waals surface area contributed by atoms with Gasteiger partial charge in [-0.3, -0.25) is 10.1 Å². The third-order valence-corrected chi connectivity index (χ3v) is 2.53. The van der Waals surface area contributed by atoms with Crippen LogP contribution in [0.15, 0.2) is 29.2 Å². The molecule has 82 valence electrons. The van der Waals surface area contributed by atoms with Crippen LogP contribution in [0.5, 0.6) is 0 Å². The van der Waals surface area contributed by atoms with Gasteiger partial charge in [-0.25, -0.2) is 0 Å². The molecule has 0 N–H and O–H groups in total. The van der Waals surface area contributed by atoms with Crippen LogP contribution in [-0.2, 0) is 4.18 Å². The Labute approximate surface area is 93.0 Å². The Bertz CT molecular complexity index is 313. The van der Waals surface area contributed by atoms with Crippen molar-refractivity contribution in [2.24, 2.45) is 0 Å². The van der Waals surface area contributed by atoms with E-state index in [1.807, 2.05) is 0 Å². The Morgan fingerprint density at radius 2 is 2.07 bits per heavy atom. The summed E-state index contributed by atoms with van der Waals surface area (Å²) in [6.45, 7) is 2.80. The van der Waals surface area contributed by atoms with E-state index in [2.05, 4.69) is 6.92 Å². The van der Waals surface area contributed by atoms with Crippen LogP contribution in [0, 0.1) is 10.1 Å². The lowest BCUT2D eigenvalue weighted by molar-refractivity contribution is -0.384. The third kappa shape index (κ3) is 4.31. The van der Waals surface area contributed by atoms with Crippen molar-refractivity contribution in [1.82, 2.24) is 0 Å². The van der Waals surface area contributed by atoms with Crippen LogP contribution in [0.2, 0.25) is 0 Å². The molecule has 0 aliphatic rings. The van der Waals surface area contributed by atoms with E-state index in [0.29, 0.717) is 6.61 Å². The molecule has 0 heterocycles. The molecule has 0 bridgehead atoms. The highest BCUT2D eigenvalue weighted by Gasteiger charge is 2.03. The van der Waals surface area contributed by atoms with Gasteiger partial charge in [0.1, 0.15) is 0 Å². The van der Waals surface area contributed by atoms with Gasteiger partial charge in [-0.05, 0) is 18.6 Å². The fraction of sp³-hybridized carbons (Fsp3) is 0.400. The number of nitro groups is 1. The number of nitrogens with zero attached hydrogens (tertiary/aromatic N) is 1. The lowest BCUT2D eigenvalue weighted by atomic mass is 10.3. The fourth-order valence-corrected chi connectivity index (χ4v) is 1.52. The maximum absolute atomic E-state index is 10.4. The van der Waals surface area contributed by atoms with Crippen LogP contribution in [0.25, 0.3) is 0 Å². The summed E-state index contributed by atoms with van der Waals surface area (Å²) in [5, 5.41) is 10.4. The van der Waals surface area contributed by atoms with Crippen molar-refractivity contribution in [3.63, 3.8) is 0 Å². The molecule has 0 saturated carbocycles. The molecule has 0 saturated heterocycles. The van der Waals surface area contributed by atoms with Crippen molar-refractivity contribution in [2.75, 3.05) is 6.61 Å². The molecule has 5 heteroatoms. The molecule has 1 aromatic rings. The molecule has 0 atom stereocenters. The highest BCUT2D eigenvalue weighted by molar-refractivity contribution is 7.94. The Morgan fingerprint density at radius 3 is 2.60 bits per heavy atom. The van der Waals surface area contributed by atoms with Crippen LogP contribution in [0.3, 0.4) is 0 Å². The van der Waals surface area contributed by atoms with Crippen molar-refractivity contribution in [1.29, 1.82) is 0 Å². The van der Waals surface area contributed by atoms with Gasteiger partial charge in [-0.1, -0.05) is 13.3 Å². The Kier molecular flexibility index (Phi) is 5.14. The Morgan fingerprint density at radius 1 is 1.40 bits per heavy atom. The summed E-state index contributed by atoms with van der Waals surface area (Å²) >= 11 is 1.26. The number of rotatable bonds is 6. The van der Waals surface area contributed by atoms with Crippen molar-refractivity contribution in [2.45, 2.75) is 24.7 Å². The topological polar surface area (TPSA) is 52.4 Å². The van der Waals surface area contributed by atoms with E-state index in [9.17, 15) is 10.1 Å². The molecule has 1 aromatic carbocycles. The fourth-order valence-electron chi connectivity index (χ4n) is 0.936. The minimum absolute atomic E-state index is 0.105. The minimum atomic E-state index is -0.410. The van der Waals surface area contributed by atoms with E-state index < -0.39 is 4.92 Å². The molecule has 0 amide bonds. The van der Waals surface area contributed by atoms with E-state index in [-0.39, 0.29) is 5.69 Å². The van der Waals surface area contributed by atoms with E-state index in [4.69, 9.17) is 4.18 Å². The maximum Gasteiger partial charge on any atom is 0.269 e. The smallest absolute Gasteiger partial charge is 0.269 e. The highest BCUT2D eigenvalue weighted by Crippen LogP contribution is 2.22. The third-order valence-electron chi connectivity index (χ3n) is 1.78. The van der Waals surface area contributed by atoms with Crippen molar-refractivity contribution < 1.29 is 9.11 Å². The predicted octanol–water partition coefficient (Wildman–Crippen LogP) is 3.42. The normalized spacial score (nSPS) is 10.2. The van der Waals surface area contributed by atoms with Crippen LogP contribution in [0.1, 0.15) is 19.8 Å². The second-order valence-corrected chi connectivity index (χ2v) is 3.88. The standard InChI is InChI=1S/C10H13NO3S/c1-2-3-8-14-15-10-6-4-9(5-7-10)11(12)13/h4-7H,2-3,8H2,1H3. The van der Waals surface area contributed by atoms with Gasteiger partial charge >= 0.3 is 0 Å². The van der Waals surface area contributed by atoms with Gasteiger partial charge in [0.15, 0.2) is 0 Å². The van der Waals surface area contributed by atoms with Gasteiger partial charge in [0, 0.05) is 29.1 Å². The summed E-state index contributed by atoms with van der Waals surface area (Å²) in [4.78, 5) is 10.9. The van der Waals surface area contributed by atoms with Crippen LogP contribution in [0.4, 0.5) is 5.69 Å². The van der Waals surface area contributed by atoms with Gasteiger partial charge in [0.25, 0.3) is 5.69 Å². The molecule has 0 spiro atoms. The van der Waals surface area contributed by atoms with Crippen LogP contribution in [-0.4, -0.2) is 11.5 Å². The maximum atomic E-state index is 10.4. The second-order valence-electron chi connectivity index (χ2n) is 3.01. The first-order chi connectivity index (χ1) is 7.24. The first kappa shape index (κ1) is 12.0. The molecule has 4 nitrogen and oxygen atoms in total. The van der Waals surface area contributed by atoms with Crippen LogP contribution >= 0.6 is 12.0 Å². The van der Waals surface area contributed by atoms with Gasteiger partial charge in [-0.2, -0.15) is 0 Å². The number of benzene rings is 1. The molecule has 0 radical (unpaired) electrons. The summed E-state index contributed by atoms with van der Waals surface area (Å²) in [5.74, 6) is 0. The number of hydrogen-bond acceptors (Lipinski definition) is 4. The first-order valence-electron chi connectivity index (χ1n) is 4.78. The quantitative estimate of drug-likeness (QED) is 0.323. The van der Waals surface area contributed by atoms with Gasteiger partial charge in [0.05, 0.1) is 11.5 Å². The summed E-state index contributed by atoms with van der Waals surface area (Å²) in [6.07, 6.45) is 2.13. The molecule has 1 rings (SSSR count). The molecular formula is C10H13NO3S. The van der Waals surface area contributed by atoms with Crippen molar-refractivity contribution in [3.05, 3.63) is 34.4 Å². The molecular weight excluding hydrogens is 214 g/mol. The largest absolute Gasteiger partial charge is 0.310 e. The molecule has 0 aliphatic heterocycles. The molecule has 0 aromatic heterocycles. The monoisotopic (exact) mass is 227 g/mol. The minimum Gasteiger partial charge on any atom is -0.310 e. The zero-order valence-electron chi connectivity index (χ0n) is 8.51. The number of non-ortho nitro benzene ring substituents is 1. The Hall–Kier alpha value is -1.07. The second kappa shape index (κ2) is 6.42. The van der Waals surface area contributed by atoms with Gasteiger partial charge in [-0.15, -0.1) is 0 Å². The molecule has 0 fully saturated rings.